The van der Waals surface area contributed by atoms with E-state index in [1.165, 1.54) is 17.8 Å². The van der Waals surface area contributed by atoms with E-state index in [4.69, 9.17) is 9.72 Å². The first-order valence-electron chi connectivity index (χ1n) is 11.5. The van der Waals surface area contributed by atoms with Crippen LogP contribution < -0.4 is 15.7 Å². The molecule has 4 heterocycles. The number of aryl methyl sites for hydroxylation is 2. The topological polar surface area (TPSA) is 99.8 Å². The maximum absolute atomic E-state index is 13.2. The molecule has 1 aliphatic rings. The molecule has 0 bridgehead atoms. The van der Waals surface area contributed by atoms with E-state index < -0.39 is 10.0 Å². The summed E-state index contributed by atoms with van der Waals surface area (Å²) in [6, 6.07) is 4.10. The number of fused-ring (bicyclic) bond motifs is 2. The first-order chi connectivity index (χ1) is 16.3. The van der Waals surface area contributed by atoms with Crippen LogP contribution in [0.15, 0.2) is 29.5 Å². The van der Waals surface area contributed by atoms with Gasteiger partial charge in [-0.2, -0.15) is 4.98 Å². The Kier molecular flexibility index (Phi) is 5.71. The zero-order chi connectivity index (χ0) is 24.0. The van der Waals surface area contributed by atoms with Crippen LogP contribution in [0.3, 0.4) is 0 Å². The molecule has 0 radical (unpaired) electrons. The van der Waals surface area contributed by atoms with Gasteiger partial charge in [0, 0.05) is 18.8 Å². The maximum Gasteiger partial charge on any atom is 0.330 e. The van der Waals surface area contributed by atoms with Crippen LogP contribution in [-0.4, -0.2) is 60.2 Å². The van der Waals surface area contributed by atoms with Gasteiger partial charge in [-0.15, -0.1) is 0 Å². The van der Waals surface area contributed by atoms with Crippen molar-refractivity contribution < 1.29 is 4.74 Å². The summed E-state index contributed by atoms with van der Waals surface area (Å²) in [4.78, 5) is 31.1. The molecular weight excluding hydrogens is 450 g/mol. The summed E-state index contributed by atoms with van der Waals surface area (Å²) < 4.78 is 8.92. The summed E-state index contributed by atoms with van der Waals surface area (Å²) in [7, 11) is 2.81. The second-order valence-corrected chi connectivity index (χ2v) is 13.9. The molecule has 3 aromatic heterocycles. The molecule has 1 N–H and O–H groups in total. The number of hydrogen-bond donors (Lipinski definition) is 1. The van der Waals surface area contributed by atoms with Crippen LogP contribution >= 0.6 is 10.0 Å². The van der Waals surface area contributed by atoms with Crippen LogP contribution in [0.5, 0.6) is 5.88 Å². The Bertz CT molecular complexity index is 1440. The van der Waals surface area contributed by atoms with Gasteiger partial charge in [-0.3, -0.25) is 9.13 Å². The quantitative estimate of drug-likeness (QED) is 0.471. The molecule has 0 saturated carbocycles. The average Bonchev–Trinajstić information content (AvgIpc) is 2.93. The van der Waals surface area contributed by atoms with Gasteiger partial charge in [0.15, 0.2) is 5.65 Å². The lowest BCUT2D eigenvalue weighted by atomic mass is 10.1. The fourth-order valence-electron chi connectivity index (χ4n) is 4.80. The third-order valence-electron chi connectivity index (χ3n) is 6.82. The van der Waals surface area contributed by atoms with Crippen LogP contribution in [0, 0.1) is 6.92 Å². The van der Waals surface area contributed by atoms with Crippen LogP contribution in [0.4, 0.5) is 11.6 Å². The lowest BCUT2D eigenvalue weighted by Gasteiger charge is -2.29. The van der Waals surface area contributed by atoms with Gasteiger partial charge in [0.05, 0.1) is 24.2 Å². The lowest BCUT2D eigenvalue weighted by Crippen LogP contribution is -2.26. The van der Waals surface area contributed by atoms with Crippen LogP contribution in [0.1, 0.15) is 30.9 Å². The Labute approximate surface area is 199 Å². The fraction of sp³-hybridized carbons (Fsp3) is 0.458. The molecule has 4 aromatic rings. The van der Waals surface area contributed by atoms with Crippen molar-refractivity contribution in [3.05, 3.63) is 40.7 Å². The van der Waals surface area contributed by atoms with Crippen molar-refractivity contribution >= 4 is 43.7 Å². The summed E-state index contributed by atoms with van der Waals surface area (Å²) in [5.74, 6) is 3.44. The summed E-state index contributed by atoms with van der Waals surface area (Å²) in [5, 5.41) is 4.18. The number of nitrogens with zero attached hydrogens (tertiary/aromatic N) is 6. The summed E-state index contributed by atoms with van der Waals surface area (Å²) in [6.07, 6.45) is 11.2. The highest BCUT2D eigenvalue weighted by Gasteiger charge is 2.26. The molecule has 1 unspecified atom stereocenters. The van der Waals surface area contributed by atoms with Crippen molar-refractivity contribution in [2.75, 3.05) is 36.4 Å². The summed E-state index contributed by atoms with van der Waals surface area (Å²) in [5.41, 5.74) is 4.01. The Morgan fingerprint density at radius 3 is 2.76 bits per heavy atom. The minimum Gasteiger partial charge on any atom is -0.480 e. The fourth-order valence-corrected chi connectivity index (χ4v) is 6.86. The predicted octanol–water partition coefficient (Wildman–Crippen LogP) is 3.92. The number of benzene rings is 1. The molecule has 0 spiro atoms. The van der Waals surface area contributed by atoms with Crippen molar-refractivity contribution in [3.63, 3.8) is 0 Å². The van der Waals surface area contributed by atoms with Gasteiger partial charge >= 0.3 is 5.69 Å². The van der Waals surface area contributed by atoms with Gasteiger partial charge in [0.25, 0.3) is 0 Å². The molecule has 1 aromatic carbocycles. The van der Waals surface area contributed by atoms with Crippen LogP contribution in [0.25, 0.3) is 22.1 Å². The smallest absolute Gasteiger partial charge is 0.330 e. The third-order valence-corrected chi connectivity index (χ3v) is 9.56. The van der Waals surface area contributed by atoms with Gasteiger partial charge in [-0.05, 0) is 67.9 Å². The van der Waals surface area contributed by atoms with Gasteiger partial charge in [-0.25, -0.2) is 29.8 Å². The molecular formula is C24H31N7O2S. The molecule has 10 heteroatoms. The number of hydrogen-bond acceptors (Lipinski definition) is 7. The average molecular weight is 482 g/mol. The van der Waals surface area contributed by atoms with E-state index >= 15 is 0 Å². The molecule has 0 aliphatic carbocycles. The van der Waals surface area contributed by atoms with Crippen molar-refractivity contribution in [3.8, 4) is 5.88 Å². The number of nitrogens with one attached hydrogen (secondary N) is 1. The Morgan fingerprint density at radius 2 is 1.97 bits per heavy atom. The largest absolute Gasteiger partial charge is 0.480 e. The monoisotopic (exact) mass is 481 g/mol. The van der Waals surface area contributed by atoms with Crippen molar-refractivity contribution in [1.29, 1.82) is 0 Å². The van der Waals surface area contributed by atoms with E-state index in [0.717, 1.165) is 46.9 Å². The van der Waals surface area contributed by atoms with Crippen LogP contribution in [-0.2, 0) is 7.05 Å². The minimum atomic E-state index is -0.583. The first kappa shape index (κ1) is 22.6. The highest BCUT2D eigenvalue weighted by Crippen LogP contribution is 2.46. The van der Waals surface area contributed by atoms with E-state index in [-0.39, 0.29) is 11.7 Å². The van der Waals surface area contributed by atoms with E-state index in [1.54, 1.807) is 24.9 Å². The van der Waals surface area contributed by atoms with Crippen molar-refractivity contribution in [2.24, 2.45) is 7.05 Å². The van der Waals surface area contributed by atoms with E-state index in [2.05, 4.69) is 32.8 Å². The number of ether oxygens (including phenoxy) is 1. The molecule has 34 heavy (non-hydrogen) atoms. The highest BCUT2D eigenvalue weighted by atomic mass is 32.3. The molecule has 5 rings (SSSR count). The number of anilines is 2. The van der Waals surface area contributed by atoms with Gasteiger partial charge in [0.1, 0.15) is 11.8 Å². The van der Waals surface area contributed by atoms with E-state index in [9.17, 15) is 4.79 Å². The Balaban J connectivity index is 1.54. The number of imidazole rings is 1. The number of rotatable bonds is 4. The zero-order valence-electron chi connectivity index (χ0n) is 20.3. The third kappa shape index (κ3) is 4.00. The second kappa shape index (κ2) is 8.57. The first-order valence-corrected chi connectivity index (χ1v) is 14.3. The summed E-state index contributed by atoms with van der Waals surface area (Å²) >= 11 is 0. The molecule has 1 saturated heterocycles. The van der Waals surface area contributed by atoms with Crippen molar-refractivity contribution in [1.82, 2.24) is 29.1 Å². The van der Waals surface area contributed by atoms with Gasteiger partial charge < -0.3 is 10.1 Å². The van der Waals surface area contributed by atoms with Gasteiger partial charge in [0.2, 0.25) is 11.8 Å². The SMILES string of the molecule is COc1ncnc2cc(Nc3ncc4c(n3)n(C3CCCS(C)(C)CC3)c(=O)n4C)c(C)cc12. The molecule has 9 nitrogen and oxygen atoms in total. The van der Waals surface area contributed by atoms with E-state index in [1.807, 2.05) is 23.6 Å². The van der Waals surface area contributed by atoms with Crippen molar-refractivity contribution in [2.45, 2.75) is 32.2 Å². The zero-order valence-corrected chi connectivity index (χ0v) is 21.1. The van der Waals surface area contributed by atoms with Crippen LogP contribution in [0.2, 0.25) is 0 Å². The van der Waals surface area contributed by atoms with Gasteiger partial charge in [-0.1, -0.05) is 0 Å². The molecule has 0 amide bonds. The molecule has 1 fully saturated rings. The molecule has 1 aliphatic heterocycles. The molecule has 180 valence electrons. The predicted molar refractivity (Wildman–Crippen MR) is 139 cm³/mol. The number of methoxy groups -OCH3 is 1. The van der Waals surface area contributed by atoms with E-state index in [0.29, 0.717) is 17.5 Å². The summed E-state index contributed by atoms with van der Waals surface area (Å²) in [6.45, 7) is 2.00. The highest BCUT2D eigenvalue weighted by molar-refractivity contribution is 8.32. The maximum atomic E-state index is 13.2. The second-order valence-electron chi connectivity index (χ2n) is 9.57. The standard InChI is InChI=1S/C24H31N7O2S/c1-15-11-17-19(26-14-27-22(17)33-3)12-18(15)28-23-25-13-20-21(29-23)31(24(32)30(20)2)16-7-6-9-34(4,5)10-8-16/h11-14,16H,6-10H2,1-5H3,(H,25,28,29). The minimum absolute atomic E-state index is 0.0214. The Hall–Kier alpha value is -3.14. The molecule has 1 atom stereocenters. The lowest BCUT2D eigenvalue weighted by molar-refractivity contribution is 0.402. The normalized spacial score (nSPS) is 19.1. The Morgan fingerprint density at radius 1 is 1.15 bits per heavy atom. The number of aromatic nitrogens is 6.